The molecule has 0 aliphatic carbocycles. The molecule has 0 saturated heterocycles. The number of carboxylic acids is 1. The quantitative estimate of drug-likeness (QED) is 0.333. The number of benzene rings is 3. The van der Waals surface area contributed by atoms with E-state index in [4.69, 9.17) is 0 Å². The molecule has 5 nitrogen and oxygen atoms in total. The van der Waals surface area contributed by atoms with Gasteiger partial charge in [0.1, 0.15) is 11.6 Å². The number of rotatable bonds is 10. The Kier molecular flexibility index (Phi) is 7.24. The average molecular weight is 454 g/mol. The maximum atomic E-state index is 11.6. The number of carboxylic acid groups (broad SMARTS) is 1. The van der Waals surface area contributed by atoms with Crippen LogP contribution >= 0.6 is 0 Å². The summed E-state index contributed by atoms with van der Waals surface area (Å²) in [4.78, 5) is 16.2. The molecule has 0 saturated carbocycles. The van der Waals surface area contributed by atoms with Crippen molar-refractivity contribution >= 4 is 5.97 Å². The number of hydrogen-bond acceptors (Lipinski definition) is 3. The average Bonchev–Trinajstić information content (AvgIpc) is 3.33. The van der Waals surface area contributed by atoms with E-state index in [1.165, 1.54) is 0 Å². The summed E-state index contributed by atoms with van der Waals surface area (Å²) >= 11 is 0. The Labute approximate surface area is 201 Å². The predicted octanol–water partition coefficient (Wildman–Crippen LogP) is 4.96. The molecule has 0 aliphatic heterocycles. The lowest BCUT2D eigenvalue weighted by molar-refractivity contribution is -0.140. The molecular formula is C29H31N3O2. The maximum absolute atomic E-state index is 11.6. The molecule has 1 heterocycles. The Morgan fingerprint density at radius 2 is 1.35 bits per heavy atom. The number of nitrogens with one attached hydrogen (secondary N) is 1. The molecule has 5 heteroatoms. The van der Waals surface area contributed by atoms with Crippen molar-refractivity contribution in [3.05, 3.63) is 126 Å². The zero-order valence-electron chi connectivity index (χ0n) is 19.6. The van der Waals surface area contributed by atoms with Crippen LogP contribution in [0.4, 0.5) is 0 Å². The predicted molar refractivity (Wildman–Crippen MR) is 135 cm³/mol. The molecule has 0 bridgehead atoms. The second kappa shape index (κ2) is 10.5. The van der Waals surface area contributed by atoms with Gasteiger partial charge in [0, 0.05) is 24.9 Å². The third-order valence-electron chi connectivity index (χ3n) is 6.33. The fraction of sp³-hybridized carbons (Fsp3) is 0.241. The standard InChI is InChI=1S/C29H31N3O2/c1-22(2)27(28(33)34)31-19-18-26-20-30-21-32(26)29(23-12-6-3-7-13-23,24-14-8-4-9-15-24)25-16-10-5-11-17-25/h3-17,20-22,27,31H,18-19H2,1-2H3,(H,33,34). The van der Waals surface area contributed by atoms with Crippen LogP contribution in [0.1, 0.15) is 36.2 Å². The van der Waals surface area contributed by atoms with Gasteiger partial charge in [-0.25, -0.2) is 4.98 Å². The number of nitrogens with zero attached hydrogens (tertiary/aromatic N) is 2. The van der Waals surface area contributed by atoms with E-state index in [0.717, 1.165) is 22.4 Å². The van der Waals surface area contributed by atoms with Crippen LogP contribution in [0.25, 0.3) is 0 Å². The van der Waals surface area contributed by atoms with Gasteiger partial charge in [0.25, 0.3) is 0 Å². The van der Waals surface area contributed by atoms with Gasteiger partial charge in [0.2, 0.25) is 0 Å². The highest BCUT2D eigenvalue weighted by Gasteiger charge is 2.39. The van der Waals surface area contributed by atoms with Crippen LogP contribution in [-0.2, 0) is 16.8 Å². The summed E-state index contributed by atoms with van der Waals surface area (Å²) < 4.78 is 2.24. The van der Waals surface area contributed by atoms with Crippen molar-refractivity contribution in [2.24, 2.45) is 5.92 Å². The van der Waals surface area contributed by atoms with E-state index in [1.54, 1.807) is 0 Å². The molecule has 2 N–H and O–H groups in total. The van der Waals surface area contributed by atoms with Crippen molar-refractivity contribution in [3.63, 3.8) is 0 Å². The summed E-state index contributed by atoms with van der Waals surface area (Å²) in [6, 6.07) is 30.8. The highest BCUT2D eigenvalue weighted by molar-refractivity contribution is 5.73. The highest BCUT2D eigenvalue weighted by Crippen LogP contribution is 2.41. The van der Waals surface area contributed by atoms with Gasteiger partial charge in [0.05, 0.1) is 6.33 Å². The first kappa shape index (κ1) is 23.5. The van der Waals surface area contributed by atoms with Gasteiger partial charge < -0.3 is 15.0 Å². The SMILES string of the molecule is CC(C)C(NCCc1cncn1C(c1ccccc1)(c1ccccc1)c1ccccc1)C(=O)O. The molecule has 1 atom stereocenters. The van der Waals surface area contributed by atoms with E-state index in [1.807, 2.05) is 44.6 Å². The Balaban J connectivity index is 1.84. The molecule has 0 amide bonds. The summed E-state index contributed by atoms with van der Waals surface area (Å²) in [6.45, 7) is 4.37. The van der Waals surface area contributed by atoms with Crippen LogP contribution in [0.15, 0.2) is 104 Å². The van der Waals surface area contributed by atoms with Crippen LogP contribution in [0.2, 0.25) is 0 Å². The first-order valence-electron chi connectivity index (χ1n) is 11.7. The van der Waals surface area contributed by atoms with Crippen LogP contribution < -0.4 is 5.32 Å². The number of hydrogen-bond donors (Lipinski definition) is 2. The molecule has 3 aromatic carbocycles. The second-order valence-electron chi connectivity index (χ2n) is 8.83. The van der Waals surface area contributed by atoms with E-state index in [-0.39, 0.29) is 5.92 Å². The van der Waals surface area contributed by atoms with Crippen LogP contribution in [0, 0.1) is 5.92 Å². The summed E-state index contributed by atoms with van der Waals surface area (Å²) in [6.07, 6.45) is 4.42. The van der Waals surface area contributed by atoms with Crippen molar-refractivity contribution in [3.8, 4) is 0 Å². The van der Waals surface area contributed by atoms with Crippen LogP contribution in [0.5, 0.6) is 0 Å². The van der Waals surface area contributed by atoms with Crippen LogP contribution in [0.3, 0.4) is 0 Å². The van der Waals surface area contributed by atoms with Crippen molar-refractivity contribution in [1.29, 1.82) is 0 Å². The van der Waals surface area contributed by atoms with Gasteiger partial charge in [0.15, 0.2) is 0 Å². The zero-order chi connectivity index (χ0) is 24.0. The van der Waals surface area contributed by atoms with Gasteiger partial charge in [-0.05, 0) is 22.6 Å². The van der Waals surface area contributed by atoms with Gasteiger partial charge in [-0.3, -0.25) is 4.79 Å². The molecule has 174 valence electrons. The second-order valence-corrected chi connectivity index (χ2v) is 8.83. The smallest absolute Gasteiger partial charge is 0.320 e. The molecule has 4 rings (SSSR count). The van der Waals surface area contributed by atoms with Crippen molar-refractivity contribution in [2.75, 3.05) is 6.54 Å². The van der Waals surface area contributed by atoms with E-state index in [2.05, 4.69) is 87.7 Å². The number of aromatic nitrogens is 2. The normalized spacial score (nSPS) is 12.6. The zero-order valence-corrected chi connectivity index (χ0v) is 19.6. The Morgan fingerprint density at radius 3 is 1.76 bits per heavy atom. The molecule has 0 spiro atoms. The molecule has 34 heavy (non-hydrogen) atoms. The van der Waals surface area contributed by atoms with E-state index in [0.29, 0.717) is 13.0 Å². The largest absolute Gasteiger partial charge is 0.480 e. The topological polar surface area (TPSA) is 67.2 Å². The molecule has 1 aromatic heterocycles. The van der Waals surface area contributed by atoms with E-state index >= 15 is 0 Å². The van der Waals surface area contributed by atoms with Crippen molar-refractivity contribution in [2.45, 2.75) is 31.8 Å². The summed E-state index contributed by atoms with van der Waals surface area (Å²) in [7, 11) is 0. The van der Waals surface area contributed by atoms with Gasteiger partial charge >= 0.3 is 5.97 Å². The fourth-order valence-corrected chi connectivity index (χ4v) is 4.73. The highest BCUT2D eigenvalue weighted by atomic mass is 16.4. The fourth-order valence-electron chi connectivity index (χ4n) is 4.73. The maximum Gasteiger partial charge on any atom is 0.320 e. The number of imidazole rings is 1. The number of carbonyl (C=O) groups is 1. The third-order valence-corrected chi connectivity index (χ3v) is 6.33. The minimum absolute atomic E-state index is 0.000502. The molecule has 4 aromatic rings. The Morgan fingerprint density at radius 1 is 0.882 bits per heavy atom. The lowest BCUT2D eigenvalue weighted by Crippen LogP contribution is -2.42. The lowest BCUT2D eigenvalue weighted by atomic mass is 9.76. The molecule has 0 aliphatic rings. The molecular weight excluding hydrogens is 422 g/mol. The van der Waals surface area contributed by atoms with Crippen molar-refractivity contribution < 1.29 is 9.90 Å². The summed E-state index contributed by atoms with van der Waals surface area (Å²) in [5.41, 5.74) is 3.79. The molecule has 1 unspecified atom stereocenters. The minimum Gasteiger partial charge on any atom is -0.480 e. The number of aliphatic carboxylic acids is 1. The van der Waals surface area contributed by atoms with E-state index < -0.39 is 17.6 Å². The molecule has 0 fully saturated rings. The lowest BCUT2D eigenvalue weighted by Gasteiger charge is -2.38. The summed E-state index contributed by atoms with van der Waals surface area (Å²) in [5, 5.41) is 12.8. The summed E-state index contributed by atoms with van der Waals surface area (Å²) in [5.74, 6) is -0.824. The van der Waals surface area contributed by atoms with Gasteiger partial charge in [-0.15, -0.1) is 0 Å². The van der Waals surface area contributed by atoms with Crippen molar-refractivity contribution in [1.82, 2.24) is 14.9 Å². The first-order valence-corrected chi connectivity index (χ1v) is 11.7. The Hall–Kier alpha value is -3.70. The first-order chi connectivity index (χ1) is 16.5. The van der Waals surface area contributed by atoms with Gasteiger partial charge in [-0.1, -0.05) is 105 Å². The third kappa shape index (κ3) is 4.52. The van der Waals surface area contributed by atoms with Crippen LogP contribution in [-0.4, -0.2) is 33.2 Å². The van der Waals surface area contributed by atoms with Gasteiger partial charge in [-0.2, -0.15) is 0 Å². The Bertz CT molecular complexity index is 1090. The monoisotopic (exact) mass is 453 g/mol. The minimum atomic E-state index is -0.823. The molecule has 0 radical (unpaired) electrons. The van der Waals surface area contributed by atoms with E-state index in [9.17, 15) is 9.90 Å².